The van der Waals surface area contributed by atoms with Crippen LogP contribution in [-0.2, 0) is 11.1 Å². The van der Waals surface area contributed by atoms with Gasteiger partial charge in [0.05, 0.1) is 23.8 Å². The third-order valence-corrected chi connectivity index (χ3v) is 3.75. The summed E-state index contributed by atoms with van der Waals surface area (Å²) in [5.41, 5.74) is -0.232. The largest absolute Gasteiger partial charge is 0.466 e. The number of rotatable bonds is 4. The Balaban J connectivity index is 2.06. The van der Waals surface area contributed by atoms with Crippen LogP contribution in [-0.4, -0.2) is 27.3 Å². The summed E-state index contributed by atoms with van der Waals surface area (Å²) in [7, 11) is 0. The molecule has 2 aromatic heterocycles. The maximum Gasteiger partial charge on any atom is 0.254 e. The zero-order valence-corrected chi connectivity index (χ0v) is 14.6. The number of hydrogen-bond donors (Lipinski definition) is 2. The molecule has 0 aliphatic heterocycles. The van der Waals surface area contributed by atoms with Gasteiger partial charge in [-0.25, -0.2) is 0 Å². The van der Waals surface area contributed by atoms with Gasteiger partial charge in [-0.2, -0.15) is 5.10 Å². The second kappa shape index (κ2) is 5.85. The molecule has 0 fully saturated rings. The highest BCUT2D eigenvalue weighted by Gasteiger charge is 2.28. The van der Waals surface area contributed by atoms with Gasteiger partial charge in [-0.05, 0) is 47.6 Å². The van der Waals surface area contributed by atoms with Crippen LogP contribution in [0.25, 0.3) is 0 Å². The fourth-order valence-corrected chi connectivity index (χ4v) is 2.42. The van der Waals surface area contributed by atoms with Crippen LogP contribution in [0.5, 0.6) is 0 Å². The molecule has 6 nitrogen and oxygen atoms in total. The van der Waals surface area contributed by atoms with Crippen molar-refractivity contribution in [2.45, 2.75) is 52.7 Å². The molecule has 1 atom stereocenters. The number of carbonyl (C=O) groups is 1. The molecule has 0 bridgehead atoms. The van der Waals surface area contributed by atoms with Gasteiger partial charge in [-0.3, -0.25) is 9.48 Å². The Morgan fingerprint density at radius 3 is 2.48 bits per heavy atom. The Kier molecular flexibility index (Phi) is 4.39. The van der Waals surface area contributed by atoms with E-state index in [1.54, 1.807) is 30.8 Å². The Labute approximate surface area is 136 Å². The van der Waals surface area contributed by atoms with E-state index in [0.29, 0.717) is 16.9 Å². The fraction of sp³-hybridized carbons (Fsp3) is 0.529. The maximum absolute atomic E-state index is 12.3. The van der Waals surface area contributed by atoms with Crippen molar-refractivity contribution in [1.29, 1.82) is 0 Å². The third-order valence-electron chi connectivity index (χ3n) is 3.75. The number of aromatic nitrogens is 2. The maximum atomic E-state index is 12.3. The first kappa shape index (κ1) is 17.3. The molecule has 0 radical (unpaired) electrons. The van der Waals surface area contributed by atoms with Gasteiger partial charge in [0, 0.05) is 11.8 Å². The average Bonchev–Trinajstić information content (AvgIpc) is 3.02. The Bertz CT molecular complexity index is 705. The van der Waals surface area contributed by atoms with Crippen molar-refractivity contribution in [1.82, 2.24) is 15.1 Å². The second-order valence-corrected chi connectivity index (χ2v) is 7.13. The molecule has 0 aromatic carbocycles. The van der Waals surface area contributed by atoms with E-state index in [4.69, 9.17) is 4.42 Å². The zero-order chi connectivity index (χ0) is 17.4. The topological polar surface area (TPSA) is 80.3 Å². The first-order valence-electron chi connectivity index (χ1n) is 7.64. The molecular formula is C17H25N3O3. The average molecular weight is 319 g/mol. The number of nitrogens with zero attached hydrogens (tertiary/aromatic N) is 2. The normalized spacial score (nSPS) is 14.6. The minimum Gasteiger partial charge on any atom is -0.466 e. The lowest BCUT2D eigenvalue weighted by atomic mass is 9.96. The van der Waals surface area contributed by atoms with Crippen molar-refractivity contribution < 1.29 is 14.3 Å². The van der Waals surface area contributed by atoms with E-state index < -0.39 is 5.60 Å². The summed E-state index contributed by atoms with van der Waals surface area (Å²) in [6.45, 7) is 11.4. The summed E-state index contributed by atoms with van der Waals surface area (Å²) in [5, 5.41) is 17.6. The zero-order valence-electron chi connectivity index (χ0n) is 14.6. The smallest absolute Gasteiger partial charge is 0.254 e. The van der Waals surface area contributed by atoms with Gasteiger partial charge in [0.15, 0.2) is 0 Å². The molecule has 6 heteroatoms. The molecule has 126 valence electrons. The van der Waals surface area contributed by atoms with E-state index in [1.807, 2.05) is 27.7 Å². The van der Waals surface area contributed by atoms with Crippen molar-refractivity contribution in [3.8, 4) is 0 Å². The summed E-state index contributed by atoms with van der Waals surface area (Å²) in [4.78, 5) is 12.3. The van der Waals surface area contributed by atoms with Crippen LogP contribution >= 0.6 is 0 Å². The van der Waals surface area contributed by atoms with Gasteiger partial charge < -0.3 is 14.8 Å². The molecule has 0 spiro atoms. The molecule has 1 unspecified atom stereocenters. The summed E-state index contributed by atoms with van der Waals surface area (Å²) in [5.74, 6) is 1.12. The molecule has 0 saturated carbocycles. The first-order chi connectivity index (χ1) is 10.5. The van der Waals surface area contributed by atoms with Crippen LogP contribution in [0, 0.1) is 13.8 Å². The molecule has 2 heterocycles. The Morgan fingerprint density at radius 1 is 1.35 bits per heavy atom. The lowest BCUT2D eigenvalue weighted by Gasteiger charge is -2.23. The number of amides is 1. The molecule has 0 saturated heterocycles. The van der Waals surface area contributed by atoms with Crippen molar-refractivity contribution >= 4 is 5.91 Å². The van der Waals surface area contributed by atoms with Gasteiger partial charge in [0.1, 0.15) is 17.1 Å². The van der Waals surface area contributed by atoms with Crippen LogP contribution in [0.1, 0.15) is 55.1 Å². The van der Waals surface area contributed by atoms with E-state index in [0.717, 1.165) is 5.76 Å². The monoisotopic (exact) mass is 319 g/mol. The van der Waals surface area contributed by atoms with Crippen molar-refractivity contribution in [3.63, 3.8) is 0 Å². The Hall–Kier alpha value is -2.08. The van der Waals surface area contributed by atoms with Gasteiger partial charge in [0.25, 0.3) is 5.91 Å². The molecular weight excluding hydrogens is 294 g/mol. The van der Waals surface area contributed by atoms with E-state index >= 15 is 0 Å². The quantitative estimate of drug-likeness (QED) is 0.907. The predicted molar refractivity (Wildman–Crippen MR) is 87.3 cm³/mol. The summed E-state index contributed by atoms with van der Waals surface area (Å²) in [6.07, 6.45) is 3.24. The van der Waals surface area contributed by atoms with Crippen LogP contribution in [0.4, 0.5) is 0 Å². The fourth-order valence-electron chi connectivity index (χ4n) is 2.42. The summed E-state index contributed by atoms with van der Waals surface area (Å²) < 4.78 is 7.19. The van der Waals surface area contributed by atoms with Crippen molar-refractivity contribution in [3.05, 3.63) is 41.1 Å². The standard InChI is InChI=1S/C17H25N3O3/c1-11-7-14(12(2)23-11)17(6,22)10-18-15(21)13-8-19-20(9-13)16(3,4)5/h7-9,22H,10H2,1-6H3,(H,18,21). The molecule has 2 N–H and O–H groups in total. The first-order valence-corrected chi connectivity index (χ1v) is 7.64. The lowest BCUT2D eigenvalue weighted by molar-refractivity contribution is 0.0514. The third kappa shape index (κ3) is 3.82. The van der Waals surface area contributed by atoms with Crippen LogP contribution in [0.2, 0.25) is 0 Å². The Morgan fingerprint density at radius 2 is 2.00 bits per heavy atom. The van der Waals surface area contributed by atoms with Crippen LogP contribution in [0.3, 0.4) is 0 Å². The molecule has 1 amide bonds. The number of aliphatic hydroxyl groups is 1. The minimum atomic E-state index is -1.20. The number of aryl methyl sites for hydroxylation is 2. The molecule has 2 aromatic rings. The van der Waals surface area contributed by atoms with Gasteiger partial charge >= 0.3 is 0 Å². The molecule has 23 heavy (non-hydrogen) atoms. The highest BCUT2D eigenvalue weighted by atomic mass is 16.3. The summed E-state index contributed by atoms with van der Waals surface area (Å²) in [6, 6.07) is 1.79. The number of hydrogen-bond acceptors (Lipinski definition) is 4. The molecule has 2 rings (SSSR count). The van der Waals surface area contributed by atoms with E-state index in [-0.39, 0.29) is 18.0 Å². The highest BCUT2D eigenvalue weighted by Crippen LogP contribution is 2.26. The molecule has 0 aliphatic carbocycles. The van der Waals surface area contributed by atoms with Crippen molar-refractivity contribution in [2.24, 2.45) is 0 Å². The van der Waals surface area contributed by atoms with E-state index in [9.17, 15) is 9.90 Å². The van der Waals surface area contributed by atoms with Gasteiger partial charge in [-0.15, -0.1) is 0 Å². The minimum absolute atomic E-state index is 0.0896. The SMILES string of the molecule is Cc1cc(C(C)(O)CNC(=O)c2cnn(C(C)(C)C)c2)c(C)o1. The summed E-state index contributed by atoms with van der Waals surface area (Å²) >= 11 is 0. The van der Waals surface area contributed by atoms with E-state index in [1.165, 1.54) is 6.20 Å². The highest BCUT2D eigenvalue weighted by molar-refractivity contribution is 5.93. The predicted octanol–water partition coefficient (Wildman–Crippen LogP) is 2.49. The van der Waals surface area contributed by atoms with Crippen molar-refractivity contribution in [2.75, 3.05) is 6.54 Å². The van der Waals surface area contributed by atoms with Crippen LogP contribution < -0.4 is 5.32 Å². The lowest BCUT2D eigenvalue weighted by Crippen LogP contribution is -2.38. The number of carbonyl (C=O) groups excluding carboxylic acids is 1. The van der Waals surface area contributed by atoms with Gasteiger partial charge in [-0.1, -0.05) is 0 Å². The van der Waals surface area contributed by atoms with E-state index in [2.05, 4.69) is 10.4 Å². The van der Waals surface area contributed by atoms with Crippen LogP contribution in [0.15, 0.2) is 22.9 Å². The number of nitrogens with one attached hydrogen (secondary N) is 1. The second-order valence-electron chi connectivity index (χ2n) is 7.13. The van der Waals surface area contributed by atoms with Gasteiger partial charge in [0.2, 0.25) is 0 Å². The molecule has 0 aliphatic rings. The number of furan rings is 1.